The molecule has 0 radical (unpaired) electrons. The fourth-order valence-corrected chi connectivity index (χ4v) is 5.29. The van der Waals surface area contributed by atoms with Crippen molar-refractivity contribution in [1.82, 2.24) is 9.03 Å². The normalized spacial score (nSPS) is 13.8. The molecule has 0 aliphatic rings. The van der Waals surface area contributed by atoms with Crippen molar-refractivity contribution >= 4 is 20.0 Å². The van der Waals surface area contributed by atoms with E-state index in [0.29, 0.717) is 0 Å². The summed E-state index contributed by atoms with van der Waals surface area (Å²) in [5.74, 6) is 0.144. The highest BCUT2D eigenvalue weighted by Gasteiger charge is 2.27. The Morgan fingerprint density at radius 3 is 1.79 bits per heavy atom. The molecule has 2 aromatic rings. The van der Waals surface area contributed by atoms with Gasteiger partial charge < -0.3 is 0 Å². The van der Waals surface area contributed by atoms with E-state index in [1.165, 1.54) is 38.4 Å². The van der Waals surface area contributed by atoms with Crippen LogP contribution in [0.2, 0.25) is 0 Å². The minimum Gasteiger partial charge on any atom is -0.207 e. The number of hydrogen-bond donors (Lipinski definition) is 1. The second kappa shape index (κ2) is 9.17. The first kappa shape index (κ1) is 22.5. The summed E-state index contributed by atoms with van der Waals surface area (Å²) in [5, 5.41) is 0. The van der Waals surface area contributed by atoms with Crippen molar-refractivity contribution in [2.24, 2.45) is 5.92 Å². The van der Waals surface area contributed by atoms with Gasteiger partial charge in [0.25, 0.3) is 0 Å². The summed E-state index contributed by atoms with van der Waals surface area (Å²) in [6, 6.07) is 14.4. The van der Waals surface area contributed by atoms with Gasteiger partial charge in [-0.25, -0.2) is 25.9 Å². The van der Waals surface area contributed by atoms with Crippen LogP contribution in [0.25, 0.3) is 0 Å². The van der Waals surface area contributed by atoms with Gasteiger partial charge in [-0.3, -0.25) is 0 Å². The lowest BCUT2D eigenvalue weighted by molar-refractivity contribution is 0.378. The number of benzene rings is 2. The second-order valence-corrected chi connectivity index (χ2v) is 10.7. The summed E-state index contributed by atoms with van der Waals surface area (Å²) >= 11 is 0. The molecule has 6 nitrogen and oxygen atoms in total. The predicted molar refractivity (Wildman–Crippen MR) is 111 cm³/mol. The Morgan fingerprint density at radius 1 is 0.821 bits per heavy atom. The first-order valence-electron chi connectivity index (χ1n) is 9.23. The molecule has 8 heteroatoms. The lowest BCUT2D eigenvalue weighted by Crippen LogP contribution is -2.33. The van der Waals surface area contributed by atoms with Crippen LogP contribution >= 0.6 is 0 Å². The van der Waals surface area contributed by atoms with E-state index < -0.39 is 20.0 Å². The summed E-state index contributed by atoms with van der Waals surface area (Å²) in [6.45, 7) is 4.08. The Labute approximate surface area is 168 Å². The number of nitrogens with zero attached hydrogens (tertiary/aromatic N) is 1. The molecule has 0 bridgehead atoms. The molecule has 0 spiro atoms. The Balaban J connectivity index is 2.37. The third kappa shape index (κ3) is 5.00. The van der Waals surface area contributed by atoms with Crippen LogP contribution in [0, 0.1) is 5.92 Å². The molecule has 0 saturated carbocycles. The maximum absolute atomic E-state index is 13.0. The maximum Gasteiger partial charge on any atom is 0.242 e. The van der Waals surface area contributed by atoms with Crippen molar-refractivity contribution in [1.29, 1.82) is 0 Å². The van der Waals surface area contributed by atoms with Crippen LogP contribution in [0.4, 0.5) is 0 Å². The average Bonchev–Trinajstić information content (AvgIpc) is 2.68. The van der Waals surface area contributed by atoms with E-state index in [1.54, 1.807) is 0 Å². The SMILES string of the molecule is CCC(CC)C(NS(=O)(=O)c1ccc(S(=O)(=O)N(C)C)cc1)c1ccccc1. The van der Waals surface area contributed by atoms with Crippen molar-refractivity contribution in [3.8, 4) is 0 Å². The molecule has 0 amide bonds. The molecular formula is C20H28N2O4S2. The fraction of sp³-hybridized carbons (Fsp3) is 0.400. The Hall–Kier alpha value is -1.74. The predicted octanol–water partition coefficient (Wildman–Crippen LogP) is 3.39. The third-order valence-electron chi connectivity index (χ3n) is 4.87. The molecule has 2 aromatic carbocycles. The highest BCUT2D eigenvalue weighted by molar-refractivity contribution is 7.89. The van der Waals surface area contributed by atoms with Crippen LogP contribution in [0.1, 0.15) is 38.3 Å². The van der Waals surface area contributed by atoms with Crippen LogP contribution in [-0.2, 0) is 20.0 Å². The maximum atomic E-state index is 13.0. The Bertz CT molecular complexity index is 967. The van der Waals surface area contributed by atoms with Gasteiger partial charge >= 0.3 is 0 Å². The van der Waals surface area contributed by atoms with Crippen molar-refractivity contribution in [2.75, 3.05) is 14.1 Å². The zero-order chi connectivity index (χ0) is 20.9. The van der Waals surface area contributed by atoms with Crippen molar-refractivity contribution < 1.29 is 16.8 Å². The fourth-order valence-electron chi connectivity index (χ4n) is 3.09. The number of nitrogens with one attached hydrogen (secondary N) is 1. The summed E-state index contributed by atoms with van der Waals surface area (Å²) in [5.41, 5.74) is 0.909. The number of hydrogen-bond acceptors (Lipinski definition) is 4. The molecule has 1 atom stereocenters. The van der Waals surface area contributed by atoms with Gasteiger partial charge in [0.05, 0.1) is 9.79 Å². The molecule has 0 heterocycles. The largest absolute Gasteiger partial charge is 0.242 e. The highest BCUT2D eigenvalue weighted by atomic mass is 32.2. The van der Waals surface area contributed by atoms with Gasteiger partial charge in [-0.05, 0) is 35.7 Å². The first-order valence-corrected chi connectivity index (χ1v) is 12.2. The summed E-state index contributed by atoms with van der Waals surface area (Å²) in [6.07, 6.45) is 1.66. The zero-order valence-corrected chi connectivity index (χ0v) is 18.3. The van der Waals surface area contributed by atoms with E-state index >= 15 is 0 Å². The molecule has 0 aliphatic carbocycles. The topological polar surface area (TPSA) is 83.5 Å². The summed E-state index contributed by atoms with van der Waals surface area (Å²) in [4.78, 5) is 0.0909. The summed E-state index contributed by atoms with van der Waals surface area (Å²) in [7, 11) is -4.56. The van der Waals surface area contributed by atoms with Crippen LogP contribution in [0.5, 0.6) is 0 Å². The molecule has 1 unspecified atom stereocenters. The van der Waals surface area contributed by atoms with Gasteiger partial charge in [-0.15, -0.1) is 0 Å². The molecular weight excluding hydrogens is 396 g/mol. The van der Waals surface area contributed by atoms with Gasteiger partial charge in [0, 0.05) is 20.1 Å². The monoisotopic (exact) mass is 424 g/mol. The zero-order valence-electron chi connectivity index (χ0n) is 16.7. The number of rotatable bonds is 9. The minimum absolute atomic E-state index is 0.0390. The van der Waals surface area contributed by atoms with Crippen LogP contribution < -0.4 is 4.72 Å². The molecule has 0 saturated heterocycles. The minimum atomic E-state index is -3.81. The lowest BCUT2D eigenvalue weighted by Gasteiger charge is -2.27. The molecule has 154 valence electrons. The van der Waals surface area contributed by atoms with Crippen molar-refractivity contribution in [2.45, 2.75) is 42.5 Å². The van der Waals surface area contributed by atoms with Crippen molar-refractivity contribution in [3.63, 3.8) is 0 Å². The van der Waals surface area contributed by atoms with Crippen LogP contribution in [-0.4, -0.2) is 35.2 Å². The lowest BCUT2D eigenvalue weighted by atomic mass is 9.90. The molecule has 0 aliphatic heterocycles. The van der Waals surface area contributed by atoms with Gasteiger partial charge in [0.1, 0.15) is 0 Å². The molecule has 0 aromatic heterocycles. The average molecular weight is 425 g/mol. The van der Waals surface area contributed by atoms with Gasteiger partial charge in [-0.1, -0.05) is 57.0 Å². The highest BCUT2D eigenvalue weighted by Crippen LogP contribution is 2.29. The molecule has 1 N–H and O–H groups in total. The van der Waals surface area contributed by atoms with E-state index in [2.05, 4.69) is 4.72 Å². The van der Waals surface area contributed by atoms with Gasteiger partial charge in [0.15, 0.2) is 0 Å². The van der Waals surface area contributed by atoms with Crippen LogP contribution in [0.15, 0.2) is 64.4 Å². The Kier molecular flexibility index (Phi) is 7.39. The second-order valence-electron chi connectivity index (χ2n) is 6.85. The smallest absolute Gasteiger partial charge is 0.207 e. The van der Waals surface area contributed by atoms with Crippen LogP contribution in [0.3, 0.4) is 0 Å². The van der Waals surface area contributed by atoms with E-state index in [9.17, 15) is 16.8 Å². The molecule has 0 fully saturated rings. The van der Waals surface area contributed by atoms with E-state index in [0.717, 1.165) is 22.7 Å². The van der Waals surface area contributed by atoms with Gasteiger partial charge in [-0.2, -0.15) is 0 Å². The van der Waals surface area contributed by atoms with Gasteiger partial charge in [0.2, 0.25) is 20.0 Å². The third-order valence-corrected chi connectivity index (χ3v) is 8.16. The standard InChI is InChI=1S/C20H28N2O4S2/c1-5-16(6-2)20(17-10-8-7-9-11-17)21-27(23,24)18-12-14-19(15-13-18)28(25,26)22(3)4/h7-16,20-21H,5-6H2,1-4H3. The Morgan fingerprint density at radius 2 is 1.32 bits per heavy atom. The first-order chi connectivity index (χ1) is 13.1. The molecule has 28 heavy (non-hydrogen) atoms. The summed E-state index contributed by atoms with van der Waals surface area (Å²) < 4.78 is 54.2. The van der Waals surface area contributed by atoms with E-state index in [1.807, 2.05) is 44.2 Å². The van der Waals surface area contributed by atoms with E-state index in [-0.39, 0.29) is 21.8 Å². The van der Waals surface area contributed by atoms with Crippen molar-refractivity contribution in [3.05, 3.63) is 60.2 Å². The quantitative estimate of drug-likeness (QED) is 0.669. The number of sulfonamides is 2. The molecule has 2 rings (SSSR count). The van der Waals surface area contributed by atoms with E-state index in [4.69, 9.17) is 0 Å².